The first-order valence-corrected chi connectivity index (χ1v) is 7.03. The van der Waals surface area contributed by atoms with E-state index in [1.807, 2.05) is 0 Å². The predicted octanol–water partition coefficient (Wildman–Crippen LogP) is 0.242. The van der Waals surface area contributed by atoms with Crippen molar-refractivity contribution in [2.45, 2.75) is 45.2 Å². The number of nitrogens with zero attached hydrogens (tertiary/aromatic N) is 2. The summed E-state index contributed by atoms with van der Waals surface area (Å²) in [5, 5.41) is 2.97. The number of rotatable bonds is 3. The summed E-state index contributed by atoms with van der Waals surface area (Å²) in [5.41, 5.74) is -0.836. The number of hydrogen-bond donors (Lipinski definition) is 1. The van der Waals surface area contributed by atoms with Gasteiger partial charge in [0.1, 0.15) is 6.54 Å². The van der Waals surface area contributed by atoms with E-state index in [4.69, 9.17) is 0 Å². The van der Waals surface area contributed by atoms with Crippen LogP contribution in [0, 0.1) is 5.92 Å². The van der Waals surface area contributed by atoms with E-state index in [0.717, 1.165) is 23.8 Å². The van der Waals surface area contributed by atoms with Crippen LogP contribution >= 0.6 is 0 Å². The van der Waals surface area contributed by atoms with Crippen molar-refractivity contribution in [3.63, 3.8) is 0 Å². The van der Waals surface area contributed by atoms with Crippen molar-refractivity contribution in [1.29, 1.82) is 0 Å². The quantitative estimate of drug-likeness (QED) is 0.861. The molecular weight excluding hydrogens is 258 g/mol. The second-order valence-corrected chi connectivity index (χ2v) is 5.66. The molecule has 0 aromatic carbocycles. The third kappa shape index (κ3) is 3.37. The van der Waals surface area contributed by atoms with Gasteiger partial charge in [-0.1, -0.05) is 19.8 Å². The Morgan fingerprint density at radius 3 is 2.85 bits per heavy atom. The molecule has 6 heteroatoms. The van der Waals surface area contributed by atoms with E-state index in [1.165, 1.54) is 30.3 Å². The Kier molecular flexibility index (Phi) is 4.42. The minimum Gasteiger partial charge on any atom is -0.352 e. The van der Waals surface area contributed by atoms with Crippen molar-refractivity contribution in [2.75, 3.05) is 0 Å². The largest absolute Gasteiger partial charge is 0.352 e. The third-order valence-corrected chi connectivity index (χ3v) is 3.88. The number of aromatic nitrogens is 2. The highest BCUT2D eigenvalue weighted by Gasteiger charge is 2.20. The first-order chi connectivity index (χ1) is 9.47. The average Bonchev–Trinajstić information content (AvgIpc) is 2.39. The molecular formula is C14H21N3O3. The molecule has 0 aliphatic heterocycles. The van der Waals surface area contributed by atoms with Crippen molar-refractivity contribution < 1.29 is 4.79 Å². The minimum atomic E-state index is -0.468. The van der Waals surface area contributed by atoms with Crippen LogP contribution in [0.3, 0.4) is 0 Å². The molecule has 1 saturated carbocycles. The lowest BCUT2D eigenvalue weighted by Crippen LogP contribution is -2.43. The highest BCUT2D eigenvalue weighted by molar-refractivity contribution is 5.76. The molecule has 0 saturated heterocycles. The van der Waals surface area contributed by atoms with Gasteiger partial charge in [0.05, 0.1) is 0 Å². The van der Waals surface area contributed by atoms with Gasteiger partial charge in [0.25, 0.3) is 5.56 Å². The molecule has 1 aliphatic rings. The molecule has 20 heavy (non-hydrogen) atoms. The molecule has 0 spiro atoms. The van der Waals surface area contributed by atoms with E-state index in [9.17, 15) is 14.4 Å². The Balaban J connectivity index is 2.00. The van der Waals surface area contributed by atoms with Crippen LogP contribution in [0.2, 0.25) is 0 Å². The Morgan fingerprint density at radius 2 is 2.15 bits per heavy atom. The standard InChI is InChI=1S/C14H21N3O3/c1-10-4-3-5-11(8-10)15-12(18)9-17-7-6-13(19)16(2)14(17)20/h6-7,10-11H,3-5,8-9H2,1-2H3,(H,15,18)/t10-,11+/m0/s1. The summed E-state index contributed by atoms with van der Waals surface area (Å²) in [4.78, 5) is 35.1. The van der Waals surface area contributed by atoms with E-state index in [1.54, 1.807) is 0 Å². The van der Waals surface area contributed by atoms with E-state index >= 15 is 0 Å². The number of nitrogens with one attached hydrogen (secondary N) is 1. The summed E-state index contributed by atoms with van der Waals surface area (Å²) in [6, 6.07) is 1.49. The second-order valence-electron chi connectivity index (χ2n) is 5.66. The molecule has 1 heterocycles. The lowest BCUT2D eigenvalue weighted by atomic mass is 9.87. The maximum atomic E-state index is 12.0. The molecule has 1 amide bonds. The van der Waals surface area contributed by atoms with Gasteiger partial charge in [0.15, 0.2) is 0 Å². The smallest absolute Gasteiger partial charge is 0.331 e. The summed E-state index contributed by atoms with van der Waals surface area (Å²) in [6.45, 7) is 2.15. The van der Waals surface area contributed by atoms with Crippen LogP contribution in [0.25, 0.3) is 0 Å². The Bertz CT molecular complexity index is 602. The van der Waals surface area contributed by atoms with Crippen molar-refractivity contribution in [3.8, 4) is 0 Å². The van der Waals surface area contributed by atoms with Crippen LogP contribution in [0.5, 0.6) is 0 Å². The molecule has 2 atom stereocenters. The molecule has 6 nitrogen and oxygen atoms in total. The van der Waals surface area contributed by atoms with Gasteiger partial charge in [0, 0.05) is 25.4 Å². The highest BCUT2D eigenvalue weighted by Crippen LogP contribution is 2.23. The van der Waals surface area contributed by atoms with Crippen LogP contribution in [0.1, 0.15) is 32.6 Å². The SMILES string of the molecule is C[C@H]1CCC[C@@H](NC(=O)Cn2ccc(=O)n(C)c2=O)C1. The molecule has 1 aromatic heterocycles. The van der Waals surface area contributed by atoms with Crippen LogP contribution in [0.15, 0.2) is 21.9 Å². The first kappa shape index (κ1) is 14.6. The van der Waals surface area contributed by atoms with Gasteiger partial charge >= 0.3 is 5.69 Å². The van der Waals surface area contributed by atoms with Crippen molar-refractivity contribution in [2.24, 2.45) is 13.0 Å². The van der Waals surface area contributed by atoms with Gasteiger partial charge < -0.3 is 5.32 Å². The third-order valence-electron chi connectivity index (χ3n) is 3.88. The van der Waals surface area contributed by atoms with Crippen LogP contribution in [0.4, 0.5) is 0 Å². The molecule has 1 fully saturated rings. The maximum Gasteiger partial charge on any atom is 0.331 e. The molecule has 1 aromatic rings. The fraction of sp³-hybridized carbons (Fsp3) is 0.643. The van der Waals surface area contributed by atoms with Crippen molar-refractivity contribution in [3.05, 3.63) is 33.1 Å². The summed E-state index contributed by atoms with van der Waals surface area (Å²) >= 11 is 0. The molecule has 1 aliphatic carbocycles. The fourth-order valence-corrected chi connectivity index (χ4v) is 2.73. The summed E-state index contributed by atoms with van der Waals surface area (Å²) in [5.74, 6) is 0.458. The normalized spacial score (nSPS) is 22.5. The molecule has 110 valence electrons. The maximum absolute atomic E-state index is 12.0. The fourth-order valence-electron chi connectivity index (χ4n) is 2.73. The second kappa shape index (κ2) is 6.07. The van der Waals surface area contributed by atoms with Gasteiger partial charge in [-0.15, -0.1) is 0 Å². The van der Waals surface area contributed by atoms with Gasteiger partial charge in [0.2, 0.25) is 5.91 Å². The molecule has 2 rings (SSSR count). The van der Waals surface area contributed by atoms with E-state index in [0.29, 0.717) is 5.92 Å². The minimum absolute atomic E-state index is 0.0438. The number of amides is 1. The van der Waals surface area contributed by atoms with Crippen LogP contribution < -0.4 is 16.6 Å². The van der Waals surface area contributed by atoms with Gasteiger partial charge in [-0.05, 0) is 18.8 Å². The number of carbonyl (C=O) groups excluding carboxylic acids is 1. The Hall–Kier alpha value is -1.85. The lowest BCUT2D eigenvalue weighted by molar-refractivity contribution is -0.122. The number of hydrogen-bond acceptors (Lipinski definition) is 3. The van der Waals surface area contributed by atoms with Gasteiger partial charge in [-0.25, -0.2) is 4.79 Å². The Morgan fingerprint density at radius 1 is 1.40 bits per heavy atom. The summed E-state index contributed by atoms with van der Waals surface area (Å²) in [7, 11) is 1.40. The van der Waals surface area contributed by atoms with Crippen molar-refractivity contribution >= 4 is 5.91 Å². The van der Waals surface area contributed by atoms with Gasteiger partial charge in [-0.2, -0.15) is 0 Å². The molecule has 1 N–H and O–H groups in total. The average molecular weight is 279 g/mol. The summed E-state index contributed by atoms with van der Waals surface area (Å²) < 4.78 is 2.25. The first-order valence-electron chi connectivity index (χ1n) is 7.03. The topological polar surface area (TPSA) is 73.1 Å². The monoisotopic (exact) mass is 279 g/mol. The zero-order valence-corrected chi connectivity index (χ0v) is 12.0. The lowest BCUT2D eigenvalue weighted by Gasteiger charge is -2.27. The zero-order valence-electron chi connectivity index (χ0n) is 12.0. The van der Waals surface area contributed by atoms with Crippen LogP contribution in [-0.2, 0) is 18.4 Å². The van der Waals surface area contributed by atoms with E-state index in [-0.39, 0.29) is 24.1 Å². The molecule has 0 radical (unpaired) electrons. The predicted molar refractivity (Wildman–Crippen MR) is 75.5 cm³/mol. The Labute approximate surface area is 117 Å². The highest BCUT2D eigenvalue weighted by atomic mass is 16.2. The van der Waals surface area contributed by atoms with Crippen molar-refractivity contribution in [1.82, 2.24) is 14.5 Å². The molecule has 0 bridgehead atoms. The van der Waals surface area contributed by atoms with E-state index in [2.05, 4.69) is 12.2 Å². The van der Waals surface area contributed by atoms with Gasteiger partial charge in [-0.3, -0.25) is 18.7 Å². The van der Waals surface area contributed by atoms with E-state index < -0.39 is 5.69 Å². The zero-order chi connectivity index (χ0) is 14.7. The number of carbonyl (C=O) groups is 1. The molecule has 0 unspecified atom stereocenters. The summed E-state index contributed by atoms with van der Waals surface area (Å²) in [6.07, 6.45) is 5.71. The van der Waals surface area contributed by atoms with Crippen LogP contribution in [-0.4, -0.2) is 21.1 Å².